The number of hydrogen-bond acceptors (Lipinski definition) is 6. The third-order valence-corrected chi connectivity index (χ3v) is 18.5. The van der Waals surface area contributed by atoms with Crippen molar-refractivity contribution in [1.29, 1.82) is 0 Å². The van der Waals surface area contributed by atoms with E-state index in [4.69, 9.17) is 14.7 Å². The van der Waals surface area contributed by atoms with Crippen LogP contribution in [-0.4, -0.2) is 23.4 Å². The first-order valence-electron chi connectivity index (χ1n) is 28.6. The van der Waals surface area contributed by atoms with E-state index < -0.39 is 0 Å². The Bertz CT molecular complexity index is 4240. The van der Waals surface area contributed by atoms with Crippen LogP contribution < -0.4 is 52.2 Å². The molecule has 15 rings (SSSR count). The molecule has 8 heteroatoms. The molecule has 0 saturated carbocycles. The first kappa shape index (κ1) is 48.5. The van der Waals surface area contributed by atoms with Crippen LogP contribution in [0.1, 0.15) is 85.0 Å². The van der Waals surface area contributed by atoms with E-state index in [9.17, 15) is 0 Å². The van der Waals surface area contributed by atoms with Crippen LogP contribution in [0.25, 0.3) is 22.5 Å². The molecular formula is C72H63B2N5O. The van der Waals surface area contributed by atoms with Crippen molar-refractivity contribution in [1.82, 2.24) is 9.97 Å². The molecule has 6 nitrogen and oxygen atoms in total. The smallest absolute Gasteiger partial charge is 0.258 e. The summed E-state index contributed by atoms with van der Waals surface area (Å²) in [5.41, 5.74) is 30.4. The van der Waals surface area contributed by atoms with Gasteiger partial charge in [-0.05, 0) is 193 Å². The van der Waals surface area contributed by atoms with Gasteiger partial charge in [0, 0.05) is 62.1 Å². The highest BCUT2D eigenvalue weighted by Crippen LogP contribution is 2.52. The summed E-state index contributed by atoms with van der Waals surface area (Å²) in [6.45, 7) is 22.6. The van der Waals surface area contributed by atoms with Crippen molar-refractivity contribution in [2.75, 3.05) is 14.7 Å². The summed E-state index contributed by atoms with van der Waals surface area (Å²) >= 11 is 0. The van der Waals surface area contributed by atoms with Crippen molar-refractivity contribution in [3.8, 4) is 34.1 Å². The zero-order valence-electron chi connectivity index (χ0n) is 47.5. The summed E-state index contributed by atoms with van der Waals surface area (Å²) in [6.07, 6.45) is 2.29. The molecule has 0 saturated heterocycles. The van der Waals surface area contributed by atoms with Gasteiger partial charge in [-0.15, -0.1) is 0 Å². The average Bonchev–Trinajstić information content (AvgIpc) is 1.86. The van der Waals surface area contributed by atoms with Gasteiger partial charge in [0.15, 0.2) is 0 Å². The molecule has 0 radical (unpaired) electrons. The van der Waals surface area contributed by atoms with Crippen LogP contribution in [0.3, 0.4) is 0 Å². The van der Waals surface area contributed by atoms with Crippen molar-refractivity contribution < 1.29 is 4.74 Å². The molecule has 5 aliphatic rings. The second kappa shape index (κ2) is 17.4. The Morgan fingerprint density at radius 2 is 0.900 bits per heavy atom. The van der Waals surface area contributed by atoms with Gasteiger partial charge in [0.1, 0.15) is 11.6 Å². The topological polar surface area (TPSA) is 44.7 Å². The molecule has 8 aromatic carbocycles. The highest BCUT2D eigenvalue weighted by molar-refractivity contribution is 7.02. The minimum atomic E-state index is -0.176. The summed E-state index contributed by atoms with van der Waals surface area (Å²) < 4.78 is 7.06. The summed E-state index contributed by atoms with van der Waals surface area (Å²) in [7, 11) is 0. The first-order valence-corrected chi connectivity index (χ1v) is 28.6. The van der Waals surface area contributed by atoms with Crippen molar-refractivity contribution in [3.63, 3.8) is 0 Å². The van der Waals surface area contributed by atoms with Crippen molar-refractivity contribution in [2.24, 2.45) is 0 Å². The number of aromatic nitrogens is 2. The standard InChI is InChI=1S/C72H63B2N5O/c1-42-33-44(3)65(45(4)34-42)57-39-62-67-69(75-57)79(50-29-30-51-52(37-50)72(9,10)32-31-71(51,7)8)59-27-19-17-25-53(59)73(67)55-38-56-61(41-60(55)77(62)48-21-13-11-14-22-48)78(49-23-15-12-16-24-49)63-40-58(66-46(5)35-43(2)36-47(66)6)76-70-68(63)74(56)54-26-18-20-28-64(54)80-70/h11-30,33-41H,31-32H2,1-10H3. The third-order valence-electron chi connectivity index (χ3n) is 18.5. The predicted molar refractivity (Wildman–Crippen MR) is 336 cm³/mol. The molecule has 6 heterocycles. The van der Waals surface area contributed by atoms with Crippen molar-refractivity contribution in [3.05, 3.63) is 220 Å². The Balaban J connectivity index is 1.06. The van der Waals surface area contributed by atoms with E-state index >= 15 is 0 Å². The fourth-order valence-electron chi connectivity index (χ4n) is 15.0. The van der Waals surface area contributed by atoms with Crippen LogP contribution in [0, 0.1) is 41.5 Å². The number of para-hydroxylation sites is 4. The highest BCUT2D eigenvalue weighted by atomic mass is 16.5. The van der Waals surface area contributed by atoms with Crippen LogP contribution in [0.4, 0.5) is 51.3 Å². The third kappa shape index (κ3) is 7.13. The summed E-state index contributed by atoms with van der Waals surface area (Å²) in [4.78, 5) is 19.1. The van der Waals surface area contributed by atoms with E-state index in [0.29, 0.717) is 5.88 Å². The monoisotopic (exact) mass is 1040 g/mol. The van der Waals surface area contributed by atoms with Gasteiger partial charge < -0.3 is 14.5 Å². The van der Waals surface area contributed by atoms with Gasteiger partial charge in [-0.2, -0.15) is 0 Å². The first-order chi connectivity index (χ1) is 38.6. The lowest BCUT2D eigenvalue weighted by Crippen LogP contribution is -2.64. The number of pyridine rings is 2. The van der Waals surface area contributed by atoms with Crippen LogP contribution >= 0.6 is 0 Å². The molecule has 0 fully saturated rings. The summed E-state index contributed by atoms with van der Waals surface area (Å²) in [5.74, 6) is 2.45. The van der Waals surface area contributed by atoms with Crippen LogP contribution in [0.2, 0.25) is 0 Å². The van der Waals surface area contributed by atoms with E-state index in [1.165, 1.54) is 71.9 Å². The number of nitrogens with zero attached hydrogens (tertiary/aromatic N) is 5. The molecule has 0 spiro atoms. The Morgan fingerprint density at radius 3 is 1.50 bits per heavy atom. The van der Waals surface area contributed by atoms with Gasteiger partial charge in [-0.1, -0.05) is 148 Å². The van der Waals surface area contributed by atoms with Gasteiger partial charge in [-0.25, -0.2) is 9.97 Å². The molecule has 80 heavy (non-hydrogen) atoms. The maximum absolute atomic E-state index is 7.06. The molecule has 2 aromatic heterocycles. The molecule has 1 aliphatic carbocycles. The molecule has 0 bridgehead atoms. The molecule has 388 valence electrons. The normalized spacial score (nSPS) is 15.4. The lowest BCUT2D eigenvalue weighted by Gasteiger charge is -2.46. The van der Waals surface area contributed by atoms with E-state index in [2.05, 4.69) is 260 Å². The van der Waals surface area contributed by atoms with Crippen molar-refractivity contribution >= 4 is 97.5 Å². The number of benzene rings is 8. The second-order valence-corrected chi connectivity index (χ2v) is 24.8. The Labute approximate surface area is 472 Å². The molecule has 0 unspecified atom stereocenters. The van der Waals surface area contributed by atoms with Gasteiger partial charge in [0.05, 0.1) is 11.4 Å². The van der Waals surface area contributed by atoms with Gasteiger partial charge in [-0.3, -0.25) is 4.90 Å². The lowest BCUT2D eigenvalue weighted by molar-refractivity contribution is 0.332. The molecule has 4 aliphatic heterocycles. The number of aryl methyl sites for hydroxylation is 6. The Morgan fingerprint density at radius 1 is 0.400 bits per heavy atom. The molecule has 0 atom stereocenters. The second-order valence-electron chi connectivity index (χ2n) is 24.8. The fraction of sp³-hybridized carbons (Fsp3) is 0.194. The van der Waals surface area contributed by atoms with Crippen LogP contribution in [0.15, 0.2) is 176 Å². The number of rotatable bonds is 5. The maximum Gasteiger partial charge on any atom is 0.258 e. The van der Waals surface area contributed by atoms with Gasteiger partial charge >= 0.3 is 0 Å². The average molecular weight is 1040 g/mol. The lowest BCUT2D eigenvalue weighted by atomic mass is 9.30. The van der Waals surface area contributed by atoms with Gasteiger partial charge in [0.2, 0.25) is 5.88 Å². The largest absolute Gasteiger partial charge is 0.440 e. The minimum Gasteiger partial charge on any atom is -0.440 e. The fourth-order valence-corrected chi connectivity index (χ4v) is 15.0. The number of hydrogen-bond donors (Lipinski definition) is 0. The number of ether oxygens (including phenoxy) is 1. The Kier molecular flexibility index (Phi) is 10.6. The SMILES string of the molecule is Cc1cc(C)c(-c2cc3c4c(n2)Oc2ccccc2B4c2cc4c(cc2N3c2ccccc2)N(c2ccccc2)c2cc(-c3c(C)cc(C)cc3C)nc3c2B4c2ccccc2N3c2ccc3c(c2)C(C)(C)CCC3(C)C)c(C)c1. The summed E-state index contributed by atoms with van der Waals surface area (Å²) in [5, 5.41) is 0. The van der Waals surface area contributed by atoms with Crippen LogP contribution in [0.5, 0.6) is 11.6 Å². The van der Waals surface area contributed by atoms with Crippen LogP contribution in [-0.2, 0) is 10.8 Å². The summed E-state index contributed by atoms with van der Waals surface area (Å²) in [6, 6.07) is 66.0. The zero-order chi connectivity index (χ0) is 54.7. The quantitative estimate of drug-likeness (QED) is 0.160. The number of anilines is 9. The number of fused-ring (bicyclic) bond motifs is 9. The molecule has 0 N–H and O–H groups in total. The van der Waals surface area contributed by atoms with E-state index in [1.807, 2.05) is 0 Å². The van der Waals surface area contributed by atoms with E-state index in [-0.39, 0.29) is 24.3 Å². The van der Waals surface area contributed by atoms with E-state index in [1.54, 1.807) is 0 Å². The van der Waals surface area contributed by atoms with Gasteiger partial charge in [0.25, 0.3) is 13.4 Å². The maximum atomic E-state index is 7.06. The zero-order valence-corrected chi connectivity index (χ0v) is 47.5. The molecule has 0 amide bonds. The van der Waals surface area contributed by atoms with E-state index in [0.717, 1.165) is 97.8 Å². The predicted octanol–water partition coefficient (Wildman–Crippen LogP) is 14.5. The highest BCUT2D eigenvalue weighted by Gasteiger charge is 2.49. The Hall–Kier alpha value is -8.61. The van der Waals surface area contributed by atoms with Crippen molar-refractivity contribution in [2.45, 2.75) is 92.9 Å². The molecular weight excluding hydrogens is 972 g/mol. The minimum absolute atomic E-state index is 0.0101. The molecule has 10 aromatic rings.